The lowest BCUT2D eigenvalue weighted by molar-refractivity contribution is 0.0671. The maximum absolute atomic E-state index is 13.4. The van der Waals surface area contributed by atoms with Crippen molar-refractivity contribution in [1.82, 2.24) is 0 Å². The highest BCUT2D eigenvalue weighted by molar-refractivity contribution is 7.12. The lowest BCUT2D eigenvalue weighted by atomic mass is 9.95. The van der Waals surface area contributed by atoms with Gasteiger partial charge in [0.25, 0.3) is 0 Å². The van der Waals surface area contributed by atoms with Crippen LogP contribution < -0.4 is 4.74 Å². The first-order valence-corrected chi connectivity index (χ1v) is 7.90. The maximum atomic E-state index is 13.4. The first kappa shape index (κ1) is 14.5. The molecule has 0 radical (unpaired) electrons. The summed E-state index contributed by atoms with van der Waals surface area (Å²) in [6.45, 7) is 6.51. The normalized spacial score (nSPS) is 21.8. The summed E-state index contributed by atoms with van der Waals surface area (Å²) in [5.74, 6) is 0.104. The topological polar surface area (TPSA) is 29.5 Å². The molecule has 0 amide bonds. The summed E-state index contributed by atoms with van der Waals surface area (Å²) in [5, 5.41) is 10.3. The van der Waals surface area contributed by atoms with E-state index in [1.54, 1.807) is 17.4 Å². The second-order valence-corrected chi connectivity index (χ2v) is 7.61. The predicted octanol–water partition coefficient (Wildman–Crippen LogP) is 4.74. The molecule has 1 aromatic carbocycles. The number of aliphatic hydroxyl groups excluding tert-OH is 1. The summed E-state index contributed by atoms with van der Waals surface area (Å²) in [5.41, 5.74) is 0.764. The van der Waals surface area contributed by atoms with Gasteiger partial charge in [0.2, 0.25) is 0 Å². The van der Waals surface area contributed by atoms with E-state index in [1.165, 1.54) is 17.0 Å². The zero-order chi connectivity index (χ0) is 15.2. The number of aliphatic hydroxyl groups is 1. The van der Waals surface area contributed by atoms with Crippen molar-refractivity contribution in [3.05, 3.63) is 51.5 Å². The summed E-state index contributed by atoms with van der Waals surface area (Å²) in [6.07, 6.45) is -0.321. The molecule has 0 fully saturated rings. The van der Waals surface area contributed by atoms with Crippen molar-refractivity contribution in [3.8, 4) is 5.75 Å². The van der Waals surface area contributed by atoms with Crippen LogP contribution in [0.2, 0.25) is 0 Å². The number of rotatable bonds is 1. The van der Waals surface area contributed by atoms with Gasteiger partial charge in [-0.1, -0.05) is 20.8 Å². The van der Waals surface area contributed by atoms with E-state index in [1.807, 2.05) is 6.07 Å². The summed E-state index contributed by atoms with van der Waals surface area (Å²) >= 11 is 1.70. The van der Waals surface area contributed by atoms with Crippen molar-refractivity contribution in [2.75, 3.05) is 0 Å². The molecule has 2 atom stereocenters. The Kier molecular flexibility index (Phi) is 3.54. The van der Waals surface area contributed by atoms with Gasteiger partial charge in [-0.2, -0.15) is 0 Å². The Labute approximate surface area is 128 Å². The molecule has 1 aliphatic heterocycles. The van der Waals surface area contributed by atoms with Crippen LogP contribution in [-0.4, -0.2) is 5.11 Å². The van der Waals surface area contributed by atoms with Gasteiger partial charge in [-0.05, 0) is 29.7 Å². The van der Waals surface area contributed by atoms with Crippen LogP contribution in [0.1, 0.15) is 54.7 Å². The number of ether oxygens (including phenoxy) is 1. The van der Waals surface area contributed by atoms with Crippen molar-refractivity contribution in [2.45, 2.75) is 44.8 Å². The molecule has 1 N–H and O–H groups in total. The molecule has 0 aliphatic carbocycles. The van der Waals surface area contributed by atoms with Gasteiger partial charge in [0.1, 0.15) is 17.7 Å². The van der Waals surface area contributed by atoms with Crippen molar-refractivity contribution in [3.63, 3.8) is 0 Å². The lowest BCUT2D eigenvalue weighted by Gasteiger charge is -2.29. The fraction of sp³-hybridized carbons (Fsp3) is 0.412. The van der Waals surface area contributed by atoms with Gasteiger partial charge in [0, 0.05) is 27.8 Å². The van der Waals surface area contributed by atoms with Gasteiger partial charge in [-0.25, -0.2) is 4.39 Å². The van der Waals surface area contributed by atoms with E-state index < -0.39 is 6.10 Å². The van der Waals surface area contributed by atoms with Crippen LogP contribution in [0.5, 0.6) is 5.75 Å². The van der Waals surface area contributed by atoms with Crippen molar-refractivity contribution in [1.29, 1.82) is 0 Å². The zero-order valence-electron chi connectivity index (χ0n) is 12.4. The maximum Gasteiger partial charge on any atom is 0.136 e. The number of hydrogen-bond donors (Lipinski definition) is 1. The molecule has 0 bridgehead atoms. The quantitative estimate of drug-likeness (QED) is 0.824. The summed E-state index contributed by atoms with van der Waals surface area (Å²) in [7, 11) is 0. The summed E-state index contributed by atoms with van der Waals surface area (Å²) in [4.78, 5) is 2.36. The smallest absolute Gasteiger partial charge is 0.136 e. The van der Waals surface area contributed by atoms with E-state index in [0.717, 1.165) is 4.88 Å². The molecule has 2 nitrogen and oxygen atoms in total. The second kappa shape index (κ2) is 5.11. The van der Waals surface area contributed by atoms with Crippen LogP contribution >= 0.6 is 11.3 Å². The van der Waals surface area contributed by atoms with Gasteiger partial charge >= 0.3 is 0 Å². The van der Waals surface area contributed by atoms with E-state index >= 15 is 0 Å². The van der Waals surface area contributed by atoms with Gasteiger partial charge in [-0.15, -0.1) is 11.3 Å². The third-order valence-electron chi connectivity index (χ3n) is 3.72. The van der Waals surface area contributed by atoms with Gasteiger partial charge in [0.15, 0.2) is 0 Å². The van der Waals surface area contributed by atoms with E-state index in [9.17, 15) is 9.50 Å². The van der Waals surface area contributed by atoms with Crippen LogP contribution in [0, 0.1) is 5.82 Å². The average Bonchev–Trinajstić information content (AvgIpc) is 2.87. The van der Waals surface area contributed by atoms with Crippen molar-refractivity contribution >= 4 is 11.3 Å². The number of fused-ring (bicyclic) bond motifs is 1. The minimum absolute atomic E-state index is 0.0974. The SMILES string of the molecule is CC(C)(C)c1ccc(C2C[C@@H](O)c3ccc(F)cc3O2)s1. The second-order valence-electron chi connectivity index (χ2n) is 6.49. The van der Waals surface area contributed by atoms with Crippen LogP contribution in [0.4, 0.5) is 4.39 Å². The minimum Gasteiger partial charge on any atom is -0.484 e. The lowest BCUT2D eigenvalue weighted by Crippen LogP contribution is -2.18. The Bertz CT molecular complexity index is 657. The molecule has 0 spiro atoms. The molecule has 112 valence electrons. The Morgan fingerprint density at radius 3 is 2.67 bits per heavy atom. The van der Waals surface area contributed by atoms with E-state index in [2.05, 4.69) is 26.8 Å². The number of halogens is 1. The first-order chi connectivity index (χ1) is 9.84. The highest BCUT2D eigenvalue weighted by Crippen LogP contribution is 2.43. The molecule has 4 heteroatoms. The molecule has 0 saturated carbocycles. The molecule has 3 rings (SSSR count). The van der Waals surface area contributed by atoms with Crippen LogP contribution in [0.15, 0.2) is 30.3 Å². The number of benzene rings is 1. The molecule has 1 unspecified atom stereocenters. The Morgan fingerprint density at radius 1 is 1.24 bits per heavy atom. The standard InChI is InChI=1S/C17H19FO2S/c1-17(2,3)16-7-6-15(21-16)14-9-12(19)11-5-4-10(18)8-13(11)20-14/h4-8,12,14,19H,9H2,1-3H3/t12-,14?/m1/s1. The molecular formula is C17H19FO2S. The molecule has 21 heavy (non-hydrogen) atoms. The van der Waals surface area contributed by atoms with Gasteiger partial charge in [-0.3, -0.25) is 0 Å². The molecule has 2 aromatic rings. The fourth-order valence-corrected chi connectivity index (χ4v) is 3.63. The van der Waals surface area contributed by atoms with E-state index in [0.29, 0.717) is 17.7 Å². The first-order valence-electron chi connectivity index (χ1n) is 7.09. The highest BCUT2D eigenvalue weighted by atomic mass is 32.1. The zero-order valence-corrected chi connectivity index (χ0v) is 13.2. The molecule has 1 aliphatic rings. The predicted molar refractivity (Wildman–Crippen MR) is 82.4 cm³/mol. The molecule has 1 aromatic heterocycles. The van der Waals surface area contributed by atoms with E-state index in [-0.39, 0.29) is 17.3 Å². The van der Waals surface area contributed by atoms with Crippen LogP contribution in [0.3, 0.4) is 0 Å². The number of hydrogen-bond acceptors (Lipinski definition) is 3. The fourth-order valence-electron chi connectivity index (χ4n) is 2.52. The van der Waals surface area contributed by atoms with Gasteiger partial charge in [0.05, 0.1) is 6.10 Å². The third-order valence-corrected chi connectivity index (χ3v) is 5.33. The van der Waals surface area contributed by atoms with Crippen LogP contribution in [-0.2, 0) is 5.41 Å². The largest absolute Gasteiger partial charge is 0.484 e. The van der Waals surface area contributed by atoms with Crippen molar-refractivity contribution < 1.29 is 14.2 Å². The van der Waals surface area contributed by atoms with E-state index in [4.69, 9.17) is 4.74 Å². The highest BCUT2D eigenvalue weighted by Gasteiger charge is 2.30. The minimum atomic E-state index is -0.612. The van der Waals surface area contributed by atoms with Crippen LogP contribution in [0.25, 0.3) is 0 Å². The Hall–Kier alpha value is -1.39. The average molecular weight is 306 g/mol. The molecular weight excluding hydrogens is 287 g/mol. The van der Waals surface area contributed by atoms with Gasteiger partial charge < -0.3 is 9.84 Å². The Balaban J connectivity index is 1.90. The van der Waals surface area contributed by atoms with Crippen molar-refractivity contribution in [2.24, 2.45) is 0 Å². The monoisotopic (exact) mass is 306 g/mol. The molecule has 0 saturated heterocycles. The number of thiophene rings is 1. The summed E-state index contributed by atoms with van der Waals surface area (Å²) < 4.78 is 19.3. The summed E-state index contributed by atoms with van der Waals surface area (Å²) in [6, 6.07) is 8.46. The Morgan fingerprint density at radius 2 is 2.00 bits per heavy atom. The molecule has 2 heterocycles. The third kappa shape index (κ3) is 2.83.